The van der Waals surface area contributed by atoms with Crippen molar-refractivity contribution in [3.8, 4) is 0 Å². The van der Waals surface area contributed by atoms with Crippen LogP contribution in [0, 0.1) is 5.92 Å². The lowest BCUT2D eigenvalue weighted by Crippen LogP contribution is -2.46. The first kappa shape index (κ1) is 15.5. The molecule has 2 nitrogen and oxygen atoms in total. The van der Waals surface area contributed by atoms with E-state index in [0.29, 0.717) is 5.75 Å². The third kappa shape index (κ3) is 3.46. The van der Waals surface area contributed by atoms with Crippen molar-refractivity contribution >= 4 is 22.6 Å². The first-order valence-electron chi connectivity index (χ1n) is 5.66. The van der Waals surface area contributed by atoms with Gasteiger partial charge in [-0.05, 0) is 18.1 Å². The van der Waals surface area contributed by atoms with E-state index < -0.39 is 21.0 Å². The van der Waals surface area contributed by atoms with E-state index in [2.05, 4.69) is 6.92 Å². The molecule has 0 radical (unpaired) electrons. The first-order valence-corrected chi connectivity index (χ1v) is 7.97. The monoisotopic (exact) mass is 252 g/mol. The van der Waals surface area contributed by atoms with Crippen molar-refractivity contribution in [2.24, 2.45) is 5.92 Å². The van der Waals surface area contributed by atoms with Crippen LogP contribution in [0.2, 0.25) is 0 Å². The number of aliphatic hydroxyl groups is 1. The predicted molar refractivity (Wildman–Crippen MR) is 70.7 cm³/mol. The molecule has 0 heterocycles. The van der Waals surface area contributed by atoms with Crippen LogP contribution >= 0.6 is 11.8 Å². The highest BCUT2D eigenvalue weighted by Crippen LogP contribution is 2.39. The molecule has 1 N–H and O–H groups in total. The molecule has 0 aliphatic heterocycles. The fourth-order valence-corrected chi connectivity index (χ4v) is 5.48. The van der Waals surface area contributed by atoms with Gasteiger partial charge in [0.1, 0.15) is 4.08 Å². The lowest BCUT2D eigenvalue weighted by atomic mass is 10.0. The highest BCUT2D eigenvalue weighted by Gasteiger charge is 2.42. The van der Waals surface area contributed by atoms with Crippen molar-refractivity contribution in [3.05, 3.63) is 0 Å². The largest absolute Gasteiger partial charge is 0.390 e. The second-order valence-electron chi connectivity index (χ2n) is 3.92. The second kappa shape index (κ2) is 6.92. The van der Waals surface area contributed by atoms with Crippen molar-refractivity contribution in [2.45, 2.75) is 51.2 Å². The Labute approximate surface area is 101 Å². The molecule has 4 heteroatoms. The summed E-state index contributed by atoms with van der Waals surface area (Å²) in [6, 6.07) is 0. The highest BCUT2D eigenvalue weighted by atomic mass is 32.2. The molecular weight excluding hydrogens is 228 g/mol. The zero-order valence-electron chi connectivity index (χ0n) is 10.4. The van der Waals surface area contributed by atoms with Crippen LogP contribution < -0.4 is 0 Å². The maximum Gasteiger partial charge on any atom is 0.117 e. The SMILES string of the molecule is CCSC(CC)(C(O)C(C)C)S(=O)CC. The van der Waals surface area contributed by atoms with Crippen molar-refractivity contribution in [3.63, 3.8) is 0 Å². The number of thioether (sulfide) groups is 1. The van der Waals surface area contributed by atoms with Crippen LogP contribution in [0.4, 0.5) is 0 Å². The Morgan fingerprint density at radius 1 is 1.33 bits per heavy atom. The Morgan fingerprint density at radius 2 is 1.87 bits per heavy atom. The molecule has 92 valence electrons. The molecule has 0 amide bonds. The van der Waals surface area contributed by atoms with Crippen LogP contribution in [-0.2, 0) is 10.8 Å². The molecule has 0 aromatic rings. The minimum atomic E-state index is -0.961. The van der Waals surface area contributed by atoms with Gasteiger partial charge >= 0.3 is 0 Å². The average Bonchev–Trinajstić information content (AvgIpc) is 2.23. The maximum atomic E-state index is 12.1. The molecule has 0 saturated carbocycles. The van der Waals surface area contributed by atoms with Crippen LogP contribution in [0.3, 0.4) is 0 Å². The van der Waals surface area contributed by atoms with E-state index in [-0.39, 0.29) is 5.92 Å². The quantitative estimate of drug-likeness (QED) is 0.757. The van der Waals surface area contributed by atoms with Crippen LogP contribution in [-0.4, -0.2) is 31.0 Å². The minimum Gasteiger partial charge on any atom is -0.390 e. The molecule has 0 spiro atoms. The Kier molecular flexibility index (Phi) is 7.13. The van der Waals surface area contributed by atoms with Crippen LogP contribution in [0.5, 0.6) is 0 Å². The summed E-state index contributed by atoms with van der Waals surface area (Å²) in [6.45, 7) is 9.96. The van der Waals surface area contributed by atoms with Crippen LogP contribution in [0.1, 0.15) is 41.0 Å². The second-order valence-corrected chi connectivity index (χ2v) is 7.77. The van der Waals surface area contributed by atoms with Gasteiger partial charge in [-0.2, -0.15) is 0 Å². The van der Waals surface area contributed by atoms with Crippen molar-refractivity contribution in [1.29, 1.82) is 0 Å². The van der Waals surface area contributed by atoms with E-state index in [0.717, 1.165) is 12.2 Å². The van der Waals surface area contributed by atoms with Gasteiger partial charge in [0.05, 0.1) is 6.10 Å². The Morgan fingerprint density at radius 3 is 2.13 bits per heavy atom. The van der Waals surface area contributed by atoms with Gasteiger partial charge in [0.2, 0.25) is 0 Å². The van der Waals surface area contributed by atoms with E-state index in [1.165, 1.54) is 0 Å². The molecule has 0 saturated heterocycles. The van der Waals surface area contributed by atoms with Gasteiger partial charge < -0.3 is 5.11 Å². The fraction of sp³-hybridized carbons (Fsp3) is 1.00. The summed E-state index contributed by atoms with van der Waals surface area (Å²) in [6.07, 6.45) is 0.263. The standard InChI is InChI=1S/C11H24O2S2/c1-6-11(14-7-2,15(13)8-3)10(12)9(4)5/h9-10,12H,6-8H2,1-5H3. The Hall–Kier alpha value is 0.460. The van der Waals surface area contributed by atoms with Gasteiger partial charge in [-0.3, -0.25) is 4.21 Å². The van der Waals surface area contributed by atoms with Crippen LogP contribution in [0.15, 0.2) is 0 Å². The van der Waals surface area contributed by atoms with Crippen molar-refractivity contribution < 1.29 is 9.32 Å². The van der Waals surface area contributed by atoms with E-state index in [4.69, 9.17) is 0 Å². The van der Waals surface area contributed by atoms with Crippen molar-refractivity contribution in [2.75, 3.05) is 11.5 Å². The molecule has 0 rings (SSSR count). The zero-order chi connectivity index (χ0) is 12.1. The molecule has 0 aliphatic carbocycles. The molecule has 15 heavy (non-hydrogen) atoms. The minimum absolute atomic E-state index is 0.152. The lowest BCUT2D eigenvalue weighted by molar-refractivity contribution is 0.109. The van der Waals surface area contributed by atoms with E-state index in [1.807, 2.05) is 27.7 Å². The van der Waals surface area contributed by atoms with Gasteiger partial charge in [-0.1, -0.05) is 34.6 Å². The smallest absolute Gasteiger partial charge is 0.117 e. The summed E-state index contributed by atoms with van der Waals surface area (Å²) in [5.74, 6) is 1.66. The summed E-state index contributed by atoms with van der Waals surface area (Å²) >= 11 is 1.64. The number of hydrogen-bond acceptors (Lipinski definition) is 3. The van der Waals surface area contributed by atoms with Gasteiger partial charge in [0.25, 0.3) is 0 Å². The average molecular weight is 252 g/mol. The Balaban J connectivity index is 5.04. The molecule has 0 aliphatic rings. The molecule has 3 unspecified atom stereocenters. The van der Waals surface area contributed by atoms with E-state index >= 15 is 0 Å². The molecule has 0 aromatic heterocycles. The topological polar surface area (TPSA) is 37.3 Å². The van der Waals surface area contributed by atoms with Gasteiger partial charge in [-0.25, -0.2) is 0 Å². The third-order valence-corrected chi connectivity index (χ3v) is 6.66. The molecule has 3 atom stereocenters. The normalized spacial score (nSPS) is 19.9. The summed E-state index contributed by atoms with van der Waals surface area (Å²) < 4.78 is 11.7. The number of rotatable bonds is 7. The highest BCUT2D eigenvalue weighted by molar-refractivity contribution is 8.12. The van der Waals surface area contributed by atoms with Crippen LogP contribution in [0.25, 0.3) is 0 Å². The summed E-state index contributed by atoms with van der Waals surface area (Å²) in [7, 11) is -0.961. The molecule has 0 aromatic carbocycles. The summed E-state index contributed by atoms with van der Waals surface area (Å²) in [5.41, 5.74) is 0. The summed E-state index contributed by atoms with van der Waals surface area (Å²) in [4.78, 5) is 0. The molecular formula is C11H24O2S2. The van der Waals surface area contributed by atoms with Gasteiger partial charge in [0, 0.05) is 16.6 Å². The first-order chi connectivity index (χ1) is 6.96. The van der Waals surface area contributed by atoms with Gasteiger partial charge in [-0.15, -0.1) is 11.8 Å². The Bertz CT molecular complexity index is 207. The van der Waals surface area contributed by atoms with Crippen molar-refractivity contribution in [1.82, 2.24) is 0 Å². The summed E-state index contributed by atoms with van der Waals surface area (Å²) in [5, 5.41) is 10.3. The lowest BCUT2D eigenvalue weighted by Gasteiger charge is -2.37. The predicted octanol–water partition coefficient (Wildman–Crippen LogP) is 2.63. The molecule has 0 fully saturated rings. The zero-order valence-corrected chi connectivity index (χ0v) is 12.1. The van der Waals surface area contributed by atoms with E-state index in [1.54, 1.807) is 11.8 Å². The van der Waals surface area contributed by atoms with E-state index in [9.17, 15) is 9.32 Å². The molecule has 0 bridgehead atoms. The number of aliphatic hydroxyl groups excluding tert-OH is 1. The fourth-order valence-electron chi connectivity index (χ4n) is 1.75. The number of hydrogen-bond donors (Lipinski definition) is 1. The third-order valence-electron chi connectivity index (χ3n) is 2.61. The maximum absolute atomic E-state index is 12.1. The van der Waals surface area contributed by atoms with Gasteiger partial charge in [0.15, 0.2) is 0 Å².